The first-order valence-corrected chi connectivity index (χ1v) is 7.60. The first-order valence-electron chi connectivity index (χ1n) is 7.60. The van der Waals surface area contributed by atoms with E-state index < -0.39 is 0 Å². The Balaban J connectivity index is 2.24. The van der Waals surface area contributed by atoms with Gasteiger partial charge in [-0.15, -0.1) is 0 Å². The van der Waals surface area contributed by atoms with Gasteiger partial charge < -0.3 is 5.32 Å². The molecular weight excluding hydrogens is 232 g/mol. The molecule has 108 valence electrons. The highest BCUT2D eigenvalue weighted by Crippen LogP contribution is 2.07. The van der Waals surface area contributed by atoms with Gasteiger partial charge in [0.2, 0.25) is 0 Å². The number of nitrogens with one attached hydrogen (secondary N) is 1. The predicted molar refractivity (Wildman–Crippen MR) is 84.5 cm³/mol. The van der Waals surface area contributed by atoms with Crippen LogP contribution >= 0.6 is 0 Å². The molecule has 0 heterocycles. The van der Waals surface area contributed by atoms with E-state index >= 15 is 0 Å². The molecule has 0 aliphatic rings. The van der Waals surface area contributed by atoms with E-state index in [1.54, 1.807) is 0 Å². The maximum absolute atomic E-state index is 3.55. The maximum Gasteiger partial charge on any atom is 0.0234 e. The molecule has 1 aromatic carbocycles. The highest BCUT2D eigenvalue weighted by molar-refractivity contribution is 5.21. The van der Waals surface area contributed by atoms with Crippen LogP contribution in [0.2, 0.25) is 0 Å². The van der Waals surface area contributed by atoms with Crippen molar-refractivity contribution in [2.24, 2.45) is 0 Å². The van der Waals surface area contributed by atoms with Gasteiger partial charge in [-0.2, -0.15) is 0 Å². The lowest BCUT2D eigenvalue weighted by atomic mass is 10.1. The van der Waals surface area contributed by atoms with Crippen molar-refractivity contribution >= 4 is 0 Å². The van der Waals surface area contributed by atoms with Crippen LogP contribution in [0.25, 0.3) is 0 Å². The Morgan fingerprint density at radius 1 is 1.16 bits per heavy atom. The van der Waals surface area contributed by atoms with Crippen LogP contribution in [-0.2, 0) is 6.54 Å². The molecular formula is C17H30N2. The number of unbranched alkanes of at least 4 members (excludes halogenated alkanes) is 2. The quantitative estimate of drug-likeness (QED) is 0.684. The third-order valence-electron chi connectivity index (χ3n) is 3.70. The largest absolute Gasteiger partial charge is 0.315 e. The van der Waals surface area contributed by atoms with Crippen LogP contribution in [0.15, 0.2) is 24.3 Å². The fourth-order valence-corrected chi connectivity index (χ4v) is 2.10. The molecule has 19 heavy (non-hydrogen) atoms. The minimum absolute atomic E-state index is 0.572. The van der Waals surface area contributed by atoms with Gasteiger partial charge in [-0.1, -0.05) is 49.6 Å². The molecule has 0 spiro atoms. The van der Waals surface area contributed by atoms with Gasteiger partial charge in [-0.25, -0.2) is 0 Å². The van der Waals surface area contributed by atoms with Gasteiger partial charge in [0, 0.05) is 19.1 Å². The summed E-state index contributed by atoms with van der Waals surface area (Å²) >= 11 is 0. The summed E-state index contributed by atoms with van der Waals surface area (Å²) < 4.78 is 0. The summed E-state index contributed by atoms with van der Waals surface area (Å²) in [5.41, 5.74) is 2.72. The molecule has 0 aromatic heterocycles. The number of rotatable bonds is 9. The van der Waals surface area contributed by atoms with Crippen LogP contribution < -0.4 is 5.32 Å². The Morgan fingerprint density at radius 2 is 1.84 bits per heavy atom. The Labute approximate surface area is 119 Å². The van der Waals surface area contributed by atoms with Gasteiger partial charge in [-0.3, -0.25) is 4.90 Å². The van der Waals surface area contributed by atoms with E-state index in [-0.39, 0.29) is 0 Å². The average molecular weight is 262 g/mol. The third kappa shape index (κ3) is 6.74. The summed E-state index contributed by atoms with van der Waals surface area (Å²) in [4.78, 5) is 2.41. The van der Waals surface area contributed by atoms with E-state index in [2.05, 4.69) is 62.3 Å². The van der Waals surface area contributed by atoms with Gasteiger partial charge in [0.15, 0.2) is 0 Å². The van der Waals surface area contributed by atoms with Crippen LogP contribution in [0.5, 0.6) is 0 Å². The minimum Gasteiger partial charge on any atom is -0.315 e. The van der Waals surface area contributed by atoms with Crippen LogP contribution in [-0.4, -0.2) is 31.1 Å². The van der Waals surface area contributed by atoms with E-state index in [1.165, 1.54) is 30.4 Å². The molecule has 1 aromatic rings. The lowest BCUT2D eigenvalue weighted by Gasteiger charge is -2.25. The molecule has 2 nitrogen and oxygen atoms in total. The van der Waals surface area contributed by atoms with Crippen molar-refractivity contribution in [3.8, 4) is 0 Å². The number of nitrogens with zero attached hydrogens (tertiary/aromatic N) is 1. The monoisotopic (exact) mass is 262 g/mol. The van der Waals surface area contributed by atoms with Crippen molar-refractivity contribution in [1.29, 1.82) is 0 Å². The lowest BCUT2D eigenvalue weighted by Crippen LogP contribution is -2.37. The molecule has 2 heteroatoms. The zero-order valence-corrected chi connectivity index (χ0v) is 13.1. The summed E-state index contributed by atoms with van der Waals surface area (Å²) in [6, 6.07) is 9.41. The summed E-state index contributed by atoms with van der Waals surface area (Å²) in [7, 11) is 2.21. The average Bonchev–Trinajstić information content (AvgIpc) is 2.41. The summed E-state index contributed by atoms with van der Waals surface area (Å²) in [6.45, 7) is 9.93. The second-order valence-electron chi connectivity index (χ2n) is 5.66. The van der Waals surface area contributed by atoms with Crippen molar-refractivity contribution in [2.45, 2.75) is 52.6 Å². The predicted octanol–water partition coefficient (Wildman–Crippen LogP) is 3.60. The van der Waals surface area contributed by atoms with Crippen LogP contribution in [0.4, 0.5) is 0 Å². The standard InChI is InChI=1S/C17H30N2/c1-5-6-7-12-18-13-16(3)19(4)14-17-10-8-15(2)9-11-17/h8-11,16,18H,5-7,12-14H2,1-4H3. The number of hydrogen-bond donors (Lipinski definition) is 1. The fourth-order valence-electron chi connectivity index (χ4n) is 2.10. The molecule has 0 radical (unpaired) electrons. The SMILES string of the molecule is CCCCCNCC(C)N(C)Cc1ccc(C)cc1. The summed E-state index contributed by atoms with van der Waals surface area (Å²) in [5.74, 6) is 0. The van der Waals surface area contributed by atoms with Gasteiger partial charge in [0.25, 0.3) is 0 Å². The van der Waals surface area contributed by atoms with Crippen LogP contribution in [0, 0.1) is 6.92 Å². The molecule has 1 rings (SSSR count). The Hall–Kier alpha value is -0.860. The van der Waals surface area contributed by atoms with Gasteiger partial charge in [-0.05, 0) is 39.4 Å². The number of likely N-dealkylation sites (N-methyl/N-ethyl adjacent to an activating group) is 1. The molecule has 0 aliphatic carbocycles. The number of aryl methyl sites for hydroxylation is 1. The molecule has 0 fully saturated rings. The highest BCUT2D eigenvalue weighted by atomic mass is 15.1. The molecule has 0 saturated heterocycles. The Morgan fingerprint density at radius 3 is 2.47 bits per heavy atom. The van der Waals surface area contributed by atoms with Crippen molar-refractivity contribution in [1.82, 2.24) is 10.2 Å². The first-order chi connectivity index (χ1) is 9.13. The number of hydrogen-bond acceptors (Lipinski definition) is 2. The van der Waals surface area contributed by atoms with E-state index in [0.29, 0.717) is 6.04 Å². The first kappa shape index (κ1) is 16.2. The second kappa shape index (κ2) is 9.11. The van der Waals surface area contributed by atoms with Gasteiger partial charge in [0.1, 0.15) is 0 Å². The molecule has 1 unspecified atom stereocenters. The lowest BCUT2D eigenvalue weighted by molar-refractivity contribution is 0.243. The smallest absolute Gasteiger partial charge is 0.0234 e. The molecule has 0 bridgehead atoms. The Bertz CT molecular complexity index is 332. The van der Waals surface area contributed by atoms with E-state index in [1.807, 2.05) is 0 Å². The third-order valence-corrected chi connectivity index (χ3v) is 3.70. The van der Waals surface area contributed by atoms with Crippen molar-refractivity contribution in [3.05, 3.63) is 35.4 Å². The second-order valence-corrected chi connectivity index (χ2v) is 5.66. The molecule has 1 atom stereocenters. The number of benzene rings is 1. The van der Waals surface area contributed by atoms with E-state index in [0.717, 1.165) is 19.6 Å². The summed E-state index contributed by atoms with van der Waals surface area (Å²) in [6.07, 6.45) is 3.93. The molecule has 0 amide bonds. The van der Waals surface area contributed by atoms with E-state index in [4.69, 9.17) is 0 Å². The van der Waals surface area contributed by atoms with Gasteiger partial charge in [0.05, 0.1) is 0 Å². The topological polar surface area (TPSA) is 15.3 Å². The zero-order chi connectivity index (χ0) is 14.1. The normalized spacial score (nSPS) is 12.9. The van der Waals surface area contributed by atoms with Gasteiger partial charge >= 0.3 is 0 Å². The summed E-state index contributed by atoms with van der Waals surface area (Å²) in [5, 5.41) is 3.55. The van der Waals surface area contributed by atoms with Crippen molar-refractivity contribution in [3.63, 3.8) is 0 Å². The molecule has 0 aliphatic heterocycles. The minimum atomic E-state index is 0.572. The maximum atomic E-state index is 3.55. The van der Waals surface area contributed by atoms with Crippen LogP contribution in [0.3, 0.4) is 0 Å². The highest BCUT2D eigenvalue weighted by Gasteiger charge is 2.08. The van der Waals surface area contributed by atoms with Crippen molar-refractivity contribution < 1.29 is 0 Å². The zero-order valence-electron chi connectivity index (χ0n) is 13.1. The van der Waals surface area contributed by atoms with Crippen LogP contribution in [0.1, 0.15) is 44.2 Å². The molecule has 1 N–H and O–H groups in total. The van der Waals surface area contributed by atoms with Crippen molar-refractivity contribution in [2.75, 3.05) is 20.1 Å². The molecule has 0 saturated carbocycles. The van der Waals surface area contributed by atoms with E-state index in [9.17, 15) is 0 Å². The fraction of sp³-hybridized carbons (Fsp3) is 0.647. The Kier molecular flexibility index (Phi) is 7.76.